The van der Waals surface area contributed by atoms with Gasteiger partial charge < -0.3 is 14.8 Å². The van der Waals surface area contributed by atoms with E-state index in [1.54, 1.807) is 6.21 Å². The molecule has 0 aliphatic rings. The van der Waals surface area contributed by atoms with E-state index in [2.05, 4.69) is 50.8 Å². The quantitative estimate of drug-likeness (QED) is 0.288. The van der Waals surface area contributed by atoms with Crippen molar-refractivity contribution < 1.29 is 14.3 Å². The number of anilines is 1. The molecule has 0 saturated carbocycles. The van der Waals surface area contributed by atoms with Crippen LogP contribution in [-0.4, -0.2) is 18.9 Å². The third-order valence-electron chi connectivity index (χ3n) is 4.58. The van der Waals surface area contributed by atoms with Gasteiger partial charge in [0.25, 0.3) is 0 Å². The molecule has 0 radical (unpaired) electrons. The number of hydrazone groups is 1. The number of benzene rings is 3. The minimum Gasteiger partial charge on any atom is -0.490 e. The molecule has 0 aliphatic carbocycles. The average molecular weight is 496 g/mol. The fraction of sp³-hybridized carbons (Fsp3) is 0.200. The molecule has 3 aromatic carbocycles. The van der Waals surface area contributed by atoms with Crippen molar-refractivity contribution in [3.05, 3.63) is 87.4 Å². The summed E-state index contributed by atoms with van der Waals surface area (Å²) in [5.41, 5.74) is 7.25. The molecule has 0 aromatic heterocycles. The van der Waals surface area contributed by atoms with Gasteiger partial charge in [-0.2, -0.15) is 5.10 Å². The molecule has 0 aliphatic heterocycles. The van der Waals surface area contributed by atoms with E-state index in [1.165, 1.54) is 5.56 Å². The van der Waals surface area contributed by atoms with Gasteiger partial charge in [-0.1, -0.05) is 45.8 Å². The first-order chi connectivity index (χ1) is 15.4. The summed E-state index contributed by atoms with van der Waals surface area (Å²) in [4.78, 5) is 12.1. The van der Waals surface area contributed by atoms with Gasteiger partial charge in [-0.25, -0.2) is 10.2 Å². The van der Waals surface area contributed by atoms with Gasteiger partial charge in [0.1, 0.15) is 6.61 Å². The number of aryl methyl sites for hydroxylation is 2. The summed E-state index contributed by atoms with van der Waals surface area (Å²) in [6, 6.07) is 18.9. The second kappa shape index (κ2) is 11.3. The zero-order valence-electron chi connectivity index (χ0n) is 18.3. The summed E-state index contributed by atoms with van der Waals surface area (Å²) in [6.45, 7) is 6.88. The van der Waals surface area contributed by atoms with Crippen LogP contribution in [0.2, 0.25) is 0 Å². The van der Waals surface area contributed by atoms with Crippen molar-refractivity contribution in [1.82, 2.24) is 5.43 Å². The molecule has 6 nitrogen and oxygen atoms in total. The fourth-order valence-electron chi connectivity index (χ4n) is 2.88. The Morgan fingerprint density at radius 2 is 1.78 bits per heavy atom. The minimum atomic E-state index is -0.425. The molecule has 0 fully saturated rings. The lowest BCUT2D eigenvalue weighted by atomic mass is 10.2. The Hall–Kier alpha value is -3.32. The van der Waals surface area contributed by atoms with Crippen LogP contribution in [0.3, 0.4) is 0 Å². The number of hydrogen-bond donors (Lipinski definition) is 2. The van der Waals surface area contributed by atoms with Crippen LogP contribution < -0.4 is 20.2 Å². The molecule has 166 valence electrons. The van der Waals surface area contributed by atoms with E-state index in [-0.39, 0.29) is 0 Å². The number of carbonyl (C=O) groups excluding carboxylic acids is 1. The Bertz CT molecular complexity index is 1100. The highest BCUT2D eigenvalue weighted by Crippen LogP contribution is 2.29. The van der Waals surface area contributed by atoms with Crippen LogP contribution in [0.15, 0.2) is 70.2 Å². The number of ether oxygens (including phenoxy) is 2. The van der Waals surface area contributed by atoms with Crippen LogP contribution in [-0.2, 0) is 6.61 Å². The molecule has 0 saturated heterocycles. The molecule has 2 amide bonds. The average Bonchev–Trinajstić information content (AvgIpc) is 2.77. The van der Waals surface area contributed by atoms with Gasteiger partial charge in [0.2, 0.25) is 0 Å². The smallest absolute Gasteiger partial charge is 0.339 e. The molecule has 0 unspecified atom stereocenters. The van der Waals surface area contributed by atoms with E-state index in [0.29, 0.717) is 30.4 Å². The first-order valence-corrected chi connectivity index (χ1v) is 11.1. The third kappa shape index (κ3) is 6.85. The Morgan fingerprint density at radius 1 is 1.00 bits per heavy atom. The molecule has 0 bridgehead atoms. The van der Waals surface area contributed by atoms with Crippen molar-refractivity contribution in [2.24, 2.45) is 5.10 Å². The van der Waals surface area contributed by atoms with E-state index in [4.69, 9.17) is 9.47 Å². The van der Waals surface area contributed by atoms with Crippen molar-refractivity contribution in [3.63, 3.8) is 0 Å². The second-order valence-corrected chi connectivity index (χ2v) is 8.06. The SMILES string of the molecule is CCOc1cc(/C=N\NC(=O)Nc2ccc(Br)c(C)c2)ccc1OCc1ccc(C)cc1. The van der Waals surface area contributed by atoms with Crippen LogP contribution in [0, 0.1) is 13.8 Å². The van der Waals surface area contributed by atoms with Crippen LogP contribution in [0.5, 0.6) is 11.5 Å². The van der Waals surface area contributed by atoms with Crippen LogP contribution in [0.25, 0.3) is 0 Å². The normalized spacial score (nSPS) is 10.8. The molecule has 7 heteroatoms. The molecule has 0 atom stereocenters. The molecular weight excluding hydrogens is 470 g/mol. The van der Waals surface area contributed by atoms with Crippen molar-refractivity contribution in [2.45, 2.75) is 27.4 Å². The first-order valence-electron chi connectivity index (χ1n) is 10.3. The number of urea groups is 1. The Labute approximate surface area is 196 Å². The molecule has 32 heavy (non-hydrogen) atoms. The van der Waals surface area contributed by atoms with Gasteiger partial charge in [0.05, 0.1) is 12.8 Å². The number of halogens is 1. The maximum Gasteiger partial charge on any atom is 0.339 e. The summed E-state index contributed by atoms with van der Waals surface area (Å²) in [6.07, 6.45) is 1.55. The molecule has 3 aromatic rings. The van der Waals surface area contributed by atoms with Gasteiger partial charge in [-0.3, -0.25) is 0 Å². The Morgan fingerprint density at radius 3 is 2.50 bits per heavy atom. The lowest BCUT2D eigenvalue weighted by Gasteiger charge is -2.13. The lowest BCUT2D eigenvalue weighted by Crippen LogP contribution is -2.24. The Kier molecular flexibility index (Phi) is 8.27. The summed E-state index contributed by atoms with van der Waals surface area (Å²) >= 11 is 3.44. The number of nitrogens with one attached hydrogen (secondary N) is 2. The van der Waals surface area contributed by atoms with Gasteiger partial charge >= 0.3 is 6.03 Å². The topological polar surface area (TPSA) is 72.0 Å². The number of carbonyl (C=O) groups is 1. The van der Waals surface area contributed by atoms with Gasteiger partial charge in [0, 0.05) is 10.2 Å². The summed E-state index contributed by atoms with van der Waals surface area (Å²) < 4.78 is 12.7. The summed E-state index contributed by atoms with van der Waals surface area (Å²) in [7, 11) is 0. The van der Waals surface area contributed by atoms with Crippen molar-refractivity contribution in [1.29, 1.82) is 0 Å². The van der Waals surface area contributed by atoms with Crippen LogP contribution in [0.4, 0.5) is 10.5 Å². The Balaban J connectivity index is 1.59. The van der Waals surface area contributed by atoms with Crippen molar-refractivity contribution >= 4 is 33.9 Å². The van der Waals surface area contributed by atoms with E-state index in [1.807, 2.05) is 62.4 Å². The maximum atomic E-state index is 12.1. The molecule has 0 heterocycles. The van der Waals surface area contributed by atoms with Gasteiger partial charge in [0.15, 0.2) is 11.5 Å². The van der Waals surface area contributed by atoms with E-state index >= 15 is 0 Å². The first kappa shape index (κ1) is 23.3. The van der Waals surface area contributed by atoms with E-state index in [9.17, 15) is 4.79 Å². The third-order valence-corrected chi connectivity index (χ3v) is 5.47. The van der Waals surface area contributed by atoms with Crippen LogP contribution >= 0.6 is 15.9 Å². The zero-order chi connectivity index (χ0) is 22.9. The molecular formula is C25H26BrN3O3. The molecule has 0 spiro atoms. The standard InChI is InChI=1S/C25H26BrN3O3/c1-4-31-24-14-20(9-12-23(24)32-16-19-7-5-17(2)6-8-19)15-27-29-25(30)28-21-10-11-22(26)18(3)13-21/h5-15H,4,16H2,1-3H3,(H2,28,29,30)/b27-15-. The number of rotatable bonds is 8. The van der Waals surface area contributed by atoms with Crippen LogP contribution in [0.1, 0.15) is 29.2 Å². The highest BCUT2D eigenvalue weighted by molar-refractivity contribution is 9.10. The van der Waals surface area contributed by atoms with Crippen molar-refractivity contribution in [3.8, 4) is 11.5 Å². The van der Waals surface area contributed by atoms with Gasteiger partial charge in [-0.05, 0) is 73.9 Å². The summed E-state index contributed by atoms with van der Waals surface area (Å²) in [5, 5.41) is 6.76. The maximum absolute atomic E-state index is 12.1. The number of nitrogens with zero attached hydrogens (tertiary/aromatic N) is 1. The fourth-order valence-corrected chi connectivity index (χ4v) is 3.13. The highest BCUT2D eigenvalue weighted by atomic mass is 79.9. The van der Waals surface area contributed by atoms with Gasteiger partial charge in [-0.15, -0.1) is 0 Å². The van der Waals surface area contributed by atoms with E-state index < -0.39 is 6.03 Å². The predicted octanol–water partition coefficient (Wildman–Crippen LogP) is 6.20. The second-order valence-electron chi connectivity index (χ2n) is 7.20. The van der Waals surface area contributed by atoms with E-state index in [0.717, 1.165) is 21.2 Å². The monoisotopic (exact) mass is 495 g/mol. The lowest BCUT2D eigenvalue weighted by molar-refractivity contribution is 0.252. The molecule has 2 N–H and O–H groups in total. The molecule has 3 rings (SSSR count). The summed E-state index contributed by atoms with van der Waals surface area (Å²) in [5.74, 6) is 1.28. The minimum absolute atomic E-state index is 0.425. The number of hydrogen-bond acceptors (Lipinski definition) is 4. The highest BCUT2D eigenvalue weighted by Gasteiger charge is 2.07. The predicted molar refractivity (Wildman–Crippen MR) is 132 cm³/mol. The van der Waals surface area contributed by atoms with Crippen molar-refractivity contribution in [2.75, 3.05) is 11.9 Å². The number of amides is 2. The zero-order valence-corrected chi connectivity index (χ0v) is 19.9. The largest absolute Gasteiger partial charge is 0.490 e.